The number of benzene rings is 2. The van der Waals surface area contributed by atoms with Crippen LogP contribution in [0.15, 0.2) is 36.4 Å². The van der Waals surface area contributed by atoms with Gasteiger partial charge in [0.1, 0.15) is 35.6 Å². The second kappa shape index (κ2) is 11.0. The summed E-state index contributed by atoms with van der Waals surface area (Å²) in [5.41, 5.74) is 1.25. The van der Waals surface area contributed by atoms with Crippen LogP contribution in [0.3, 0.4) is 0 Å². The highest BCUT2D eigenvalue weighted by Crippen LogP contribution is 2.42. The Labute approximate surface area is 227 Å². The molecule has 38 heavy (non-hydrogen) atoms. The molecule has 0 aromatic heterocycles. The van der Waals surface area contributed by atoms with Gasteiger partial charge in [-0.25, -0.2) is 0 Å². The van der Waals surface area contributed by atoms with Gasteiger partial charge in [0.25, 0.3) is 5.91 Å². The van der Waals surface area contributed by atoms with Crippen LogP contribution in [0.5, 0.6) is 17.2 Å². The molecule has 3 aliphatic rings. The number of aliphatic hydroxyl groups excluding tert-OH is 1. The number of fused-ring (bicyclic) bond motifs is 1. The maximum absolute atomic E-state index is 13.2. The van der Waals surface area contributed by atoms with Gasteiger partial charge in [-0.15, -0.1) is 0 Å². The molecule has 1 spiro atoms. The van der Waals surface area contributed by atoms with Crippen LogP contribution in [0.2, 0.25) is 5.02 Å². The number of β-amino-alcohol motifs (C(OH)–C–C–N with tert-alkyl or cyclic N) is 1. The Bertz CT molecular complexity index is 1200. The first-order chi connectivity index (χ1) is 18.2. The number of carbonyl (C=O) groups excluding carboxylic acids is 2. The molecule has 2 saturated heterocycles. The van der Waals surface area contributed by atoms with Crippen molar-refractivity contribution in [2.45, 2.75) is 50.4 Å². The van der Waals surface area contributed by atoms with E-state index in [1.54, 1.807) is 4.90 Å². The van der Waals surface area contributed by atoms with E-state index >= 15 is 0 Å². The van der Waals surface area contributed by atoms with E-state index in [1.807, 2.05) is 18.2 Å². The van der Waals surface area contributed by atoms with Crippen molar-refractivity contribution in [3.8, 4) is 17.2 Å². The number of carbonyl (C=O) groups is 2. The summed E-state index contributed by atoms with van der Waals surface area (Å²) < 4.78 is 12.2. The lowest BCUT2D eigenvalue weighted by atomic mass is 9.87. The van der Waals surface area contributed by atoms with Gasteiger partial charge >= 0.3 is 0 Å². The number of piperidine rings is 1. The molecule has 3 aliphatic heterocycles. The number of ether oxygens (including phenoxy) is 2. The second-order valence-electron chi connectivity index (χ2n) is 10.6. The molecule has 0 bridgehead atoms. The quantitative estimate of drug-likeness (QED) is 0.492. The highest BCUT2D eigenvalue weighted by atomic mass is 35.5. The van der Waals surface area contributed by atoms with Crippen molar-refractivity contribution in [1.29, 1.82) is 0 Å². The van der Waals surface area contributed by atoms with Crippen molar-refractivity contribution in [2.24, 2.45) is 0 Å². The van der Waals surface area contributed by atoms with Gasteiger partial charge in [0, 0.05) is 76.0 Å². The van der Waals surface area contributed by atoms with Crippen molar-refractivity contribution < 1.29 is 29.3 Å². The molecule has 0 aliphatic carbocycles. The molecule has 2 amide bonds. The number of phenols is 1. The molecule has 2 atom stereocenters. The molecule has 0 radical (unpaired) electrons. The standard InChI is InChI=1S/C28H34ClN3O6/c1-18(33)30-21-6-9-32(15-21)27(36)24-4-3-22(34)13-26(24)37-17-23(35)16-31-10-7-28(8-11-31)14-19-12-20(29)2-5-25(19)38-28/h2-5,12-13,21,23,34-35H,6-11,14-17H2,1H3,(H,30,33)/t21-,23+/m0/s1. The maximum atomic E-state index is 13.2. The van der Waals surface area contributed by atoms with E-state index in [9.17, 15) is 19.8 Å². The summed E-state index contributed by atoms with van der Waals surface area (Å²) in [7, 11) is 0. The number of phenolic OH excluding ortho intramolecular Hbond substituents is 1. The zero-order valence-electron chi connectivity index (χ0n) is 21.5. The summed E-state index contributed by atoms with van der Waals surface area (Å²) in [5, 5.41) is 24.3. The molecular formula is C28H34ClN3O6. The lowest BCUT2D eigenvalue weighted by molar-refractivity contribution is -0.119. The summed E-state index contributed by atoms with van der Waals surface area (Å²) in [6.07, 6.45) is 2.46. The molecule has 3 N–H and O–H groups in total. The highest BCUT2D eigenvalue weighted by Gasteiger charge is 2.42. The minimum absolute atomic E-state index is 0.0136. The number of hydrogen-bond acceptors (Lipinski definition) is 7. The first kappa shape index (κ1) is 26.6. The van der Waals surface area contributed by atoms with Gasteiger partial charge in [-0.05, 0) is 42.3 Å². The Hall–Kier alpha value is -3.01. The average molecular weight is 544 g/mol. The van der Waals surface area contributed by atoms with Gasteiger partial charge in [-0.1, -0.05) is 11.6 Å². The molecular weight excluding hydrogens is 510 g/mol. The molecule has 5 rings (SSSR count). The lowest BCUT2D eigenvalue weighted by Crippen LogP contribution is -2.49. The number of rotatable bonds is 7. The third kappa shape index (κ3) is 6.00. The fourth-order valence-electron chi connectivity index (χ4n) is 5.69. The average Bonchev–Trinajstić information content (AvgIpc) is 3.47. The Morgan fingerprint density at radius 2 is 2.00 bits per heavy atom. The van der Waals surface area contributed by atoms with Gasteiger partial charge in [-0.3, -0.25) is 9.59 Å². The predicted octanol–water partition coefficient (Wildman–Crippen LogP) is 2.61. The van der Waals surface area contributed by atoms with Crippen LogP contribution in [0, 0.1) is 0 Å². The van der Waals surface area contributed by atoms with E-state index in [2.05, 4.69) is 10.2 Å². The summed E-state index contributed by atoms with van der Waals surface area (Å²) in [5.74, 6) is 0.755. The van der Waals surface area contributed by atoms with Gasteiger partial charge in [-0.2, -0.15) is 0 Å². The van der Waals surface area contributed by atoms with E-state index in [4.69, 9.17) is 21.1 Å². The van der Waals surface area contributed by atoms with Crippen LogP contribution >= 0.6 is 11.6 Å². The summed E-state index contributed by atoms with van der Waals surface area (Å²) in [6.45, 7) is 4.40. The van der Waals surface area contributed by atoms with Crippen LogP contribution < -0.4 is 14.8 Å². The topological polar surface area (TPSA) is 112 Å². The van der Waals surface area contributed by atoms with Crippen LogP contribution in [-0.2, 0) is 11.2 Å². The third-order valence-electron chi connectivity index (χ3n) is 7.61. The number of amides is 2. The van der Waals surface area contributed by atoms with Crippen LogP contribution in [0.4, 0.5) is 0 Å². The van der Waals surface area contributed by atoms with E-state index in [1.165, 1.54) is 25.1 Å². The molecule has 204 valence electrons. The molecule has 10 heteroatoms. The summed E-state index contributed by atoms with van der Waals surface area (Å²) in [4.78, 5) is 28.4. The number of aliphatic hydroxyl groups is 1. The molecule has 0 saturated carbocycles. The smallest absolute Gasteiger partial charge is 0.257 e. The van der Waals surface area contributed by atoms with Gasteiger partial charge in [0.05, 0.1) is 5.56 Å². The van der Waals surface area contributed by atoms with E-state index in [0.717, 1.165) is 48.7 Å². The van der Waals surface area contributed by atoms with E-state index in [-0.39, 0.29) is 41.6 Å². The number of halogens is 1. The molecule has 2 fully saturated rings. The molecule has 0 unspecified atom stereocenters. The van der Waals surface area contributed by atoms with Gasteiger partial charge < -0.3 is 34.8 Å². The Balaban J connectivity index is 1.13. The largest absolute Gasteiger partial charge is 0.508 e. The van der Waals surface area contributed by atoms with Crippen LogP contribution in [0.25, 0.3) is 0 Å². The highest BCUT2D eigenvalue weighted by molar-refractivity contribution is 6.30. The third-order valence-corrected chi connectivity index (χ3v) is 7.84. The summed E-state index contributed by atoms with van der Waals surface area (Å²) >= 11 is 6.14. The molecule has 2 aromatic rings. The first-order valence-corrected chi connectivity index (χ1v) is 13.5. The lowest BCUT2D eigenvalue weighted by Gasteiger charge is -2.39. The minimum atomic E-state index is -0.772. The van der Waals surface area contributed by atoms with Crippen molar-refractivity contribution in [3.05, 3.63) is 52.5 Å². The minimum Gasteiger partial charge on any atom is -0.508 e. The normalized spacial score (nSPS) is 21.1. The SMILES string of the molecule is CC(=O)N[C@H]1CCN(C(=O)c2ccc(O)cc2OC[C@H](O)CN2CCC3(CC2)Cc2cc(Cl)ccc2O3)C1. The fraction of sp³-hybridized carbons (Fsp3) is 0.500. The second-order valence-corrected chi connectivity index (χ2v) is 11.0. The number of aromatic hydroxyl groups is 1. The molecule has 2 aromatic carbocycles. The number of likely N-dealkylation sites (tertiary alicyclic amines) is 2. The van der Waals surface area contributed by atoms with Gasteiger partial charge in [0.2, 0.25) is 5.91 Å². The molecule has 9 nitrogen and oxygen atoms in total. The first-order valence-electron chi connectivity index (χ1n) is 13.1. The monoisotopic (exact) mass is 543 g/mol. The van der Waals surface area contributed by atoms with Crippen LogP contribution in [0.1, 0.15) is 42.1 Å². The Kier molecular flexibility index (Phi) is 7.70. The van der Waals surface area contributed by atoms with Crippen LogP contribution in [-0.4, -0.2) is 88.9 Å². The molecule has 3 heterocycles. The zero-order valence-corrected chi connectivity index (χ0v) is 22.2. The Morgan fingerprint density at radius 1 is 1.21 bits per heavy atom. The summed E-state index contributed by atoms with van der Waals surface area (Å²) in [6, 6.07) is 10.1. The van der Waals surface area contributed by atoms with Crippen molar-refractivity contribution >= 4 is 23.4 Å². The van der Waals surface area contributed by atoms with Crippen molar-refractivity contribution in [3.63, 3.8) is 0 Å². The maximum Gasteiger partial charge on any atom is 0.257 e. The van der Waals surface area contributed by atoms with Crippen molar-refractivity contribution in [1.82, 2.24) is 15.1 Å². The number of hydrogen-bond donors (Lipinski definition) is 3. The van der Waals surface area contributed by atoms with E-state index in [0.29, 0.717) is 31.6 Å². The predicted molar refractivity (Wildman–Crippen MR) is 142 cm³/mol. The zero-order chi connectivity index (χ0) is 26.9. The van der Waals surface area contributed by atoms with Gasteiger partial charge in [0.15, 0.2) is 0 Å². The van der Waals surface area contributed by atoms with E-state index < -0.39 is 6.10 Å². The number of nitrogens with zero attached hydrogens (tertiary/aromatic N) is 2. The van der Waals surface area contributed by atoms with Crippen molar-refractivity contribution in [2.75, 3.05) is 39.3 Å². The fourth-order valence-corrected chi connectivity index (χ4v) is 5.88. The Morgan fingerprint density at radius 3 is 2.76 bits per heavy atom. The number of nitrogens with one attached hydrogen (secondary N) is 1.